The van der Waals surface area contributed by atoms with Crippen molar-refractivity contribution in [2.75, 3.05) is 19.0 Å². The number of carbonyl (C=O) groups excluding carboxylic acids is 1. The van der Waals surface area contributed by atoms with Gasteiger partial charge in [0.25, 0.3) is 15.9 Å². The van der Waals surface area contributed by atoms with Gasteiger partial charge in [0.15, 0.2) is 5.03 Å². The number of benzene rings is 1. The number of nitrogens with one attached hydrogen (secondary N) is 1. The number of aromatic nitrogens is 2. The summed E-state index contributed by atoms with van der Waals surface area (Å²) in [6.45, 7) is 11.8. The van der Waals surface area contributed by atoms with E-state index in [0.717, 1.165) is 16.7 Å². The number of hydrogen-bond acceptors (Lipinski definition) is 7. The largest absolute Gasteiger partial charge is 0.438 e. The molecule has 2 aromatic heterocycles. The Labute approximate surface area is 207 Å². The first-order valence-corrected chi connectivity index (χ1v) is 12.7. The first kappa shape index (κ1) is 26.2. The molecule has 0 spiro atoms. The average Bonchev–Trinajstić information content (AvgIpc) is 2.75. The van der Waals surface area contributed by atoms with Crippen molar-refractivity contribution < 1.29 is 17.9 Å². The van der Waals surface area contributed by atoms with E-state index in [1.807, 2.05) is 53.7 Å². The number of pyridine rings is 2. The van der Waals surface area contributed by atoms with Gasteiger partial charge in [-0.25, -0.2) is 14.7 Å². The van der Waals surface area contributed by atoms with Gasteiger partial charge in [0, 0.05) is 25.2 Å². The average molecular weight is 497 g/mol. The molecule has 1 N–H and O–H groups in total. The molecule has 1 amide bonds. The van der Waals surface area contributed by atoms with Crippen molar-refractivity contribution in [3.63, 3.8) is 0 Å². The maximum Gasteiger partial charge on any atom is 0.281 e. The van der Waals surface area contributed by atoms with Gasteiger partial charge in [0.2, 0.25) is 5.88 Å². The number of sulfonamides is 1. The summed E-state index contributed by atoms with van der Waals surface area (Å²) in [6.07, 6.45) is 0. The lowest BCUT2D eigenvalue weighted by Gasteiger charge is -2.21. The molecule has 1 aromatic carbocycles. The zero-order valence-electron chi connectivity index (χ0n) is 21.4. The maximum absolute atomic E-state index is 13.2. The summed E-state index contributed by atoms with van der Waals surface area (Å²) >= 11 is 0. The van der Waals surface area contributed by atoms with Gasteiger partial charge in [-0.2, -0.15) is 8.42 Å². The van der Waals surface area contributed by atoms with E-state index in [9.17, 15) is 13.2 Å². The molecule has 35 heavy (non-hydrogen) atoms. The van der Waals surface area contributed by atoms with Gasteiger partial charge >= 0.3 is 0 Å². The first-order chi connectivity index (χ1) is 16.2. The van der Waals surface area contributed by atoms with E-state index in [-0.39, 0.29) is 21.9 Å². The maximum atomic E-state index is 13.2. The normalized spacial score (nSPS) is 11.8. The predicted octanol–water partition coefficient (Wildman–Crippen LogP) is 4.68. The van der Waals surface area contributed by atoms with Crippen LogP contribution in [0.4, 0.5) is 5.82 Å². The highest BCUT2D eigenvalue weighted by Gasteiger charge is 2.26. The van der Waals surface area contributed by atoms with Crippen molar-refractivity contribution in [3.05, 3.63) is 70.4 Å². The summed E-state index contributed by atoms with van der Waals surface area (Å²) < 4.78 is 34.2. The van der Waals surface area contributed by atoms with Crippen LogP contribution in [0, 0.1) is 20.8 Å². The van der Waals surface area contributed by atoms with Crippen LogP contribution in [-0.4, -0.2) is 38.4 Å². The molecule has 0 radical (unpaired) electrons. The van der Waals surface area contributed by atoms with E-state index in [1.54, 1.807) is 37.2 Å². The Balaban J connectivity index is 2.04. The molecule has 0 bridgehead atoms. The molecule has 186 valence electrons. The van der Waals surface area contributed by atoms with Crippen molar-refractivity contribution in [2.45, 2.75) is 52.0 Å². The quantitative estimate of drug-likeness (QED) is 0.529. The smallest absolute Gasteiger partial charge is 0.281 e. The Bertz CT molecular complexity index is 1350. The van der Waals surface area contributed by atoms with Crippen molar-refractivity contribution in [1.29, 1.82) is 0 Å². The molecule has 0 fully saturated rings. The summed E-state index contributed by atoms with van der Waals surface area (Å²) in [7, 11) is -0.738. The molecule has 8 nitrogen and oxygen atoms in total. The highest BCUT2D eigenvalue weighted by Crippen LogP contribution is 2.33. The van der Waals surface area contributed by atoms with Gasteiger partial charge in [0.1, 0.15) is 17.1 Å². The number of carbonyl (C=O) groups is 1. The topological polar surface area (TPSA) is 101 Å². The summed E-state index contributed by atoms with van der Waals surface area (Å²) in [5.41, 5.74) is 3.25. The summed E-state index contributed by atoms with van der Waals surface area (Å²) in [5, 5.41) is -0.260. The predicted molar refractivity (Wildman–Crippen MR) is 137 cm³/mol. The van der Waals surface area contributed by atoms with Crippen molar-refractivity contribution in [1.82, 2.24) is 14.7 Å². The highest BCUT2D eigenvalue weighted by atomic mass is 32.2. The molecule has 0 unspecified atom stereocenters. The van der Waals surface area contributed by atoms with Crippen LogP contribution in [0.25, 0.3) is 0 Å². The standard InChI is InChI=1S/C26H32N4O4S/c1-16-14-17(2)23(18(3)15-16)34-25-19(12-13-20(27-25)26(4,5)6)24(31)29-35(32,33)22-11-9-10-21(28-22)30(7)8/h9-15H,1-8H3,(H,29,31). The third-order valence-corrected chi connectivity index (χ3v) is 6.58. The van der Waals surface area contributed by atoms with Crippen LogP contribution in [-0.2, 0) is 15.4 Å². The third kappa shape index (κ3) is 5.97. The molecular formula is C26H32N4O4S. The second kappa shape index (κ2) is 9.65. The van der Waals surface area contributed by atoms with Crippen LogP contribution in [0.1, 0.15) is 53.5 Å². The second-order valence-corrected chi connectivity index (χ2v) is 11.4. The van der Waals surface area contributed by atoms with Crippen LogP contribution in [0.3, 0.4) is 0 Å². The lowest BCUT2D eigenvalue weighted by atomic mass is 9.91. The van der Waals surface area contributed by atoms with E-state index in [4.69, 9.17) is 4.74 Å². The van der Waals surface area contributed by atoms with Crippen LogP contribution in [0.2, 0.25) is 0 Å². The lowest BCUT2D eigenvalue weighted by molar-refractivity contribution is 0.0978. The third-order valence-electron chi connectivity index (χ3n) is 5.35. The number of nitrogens with zero attached hydrogens (tertiary/aromatic N) is 3. The number of aryl methyl sites for hydroxylation is 3. The summed E-state index contributed by atoms with van der Waals surface area (Å²) in [5.74, 6) is 0.208. The van der Waals surface area contributed by atoms with Gasteiger partial charge < -0.3 is 9.64 Å². The van der Waals surface area contributed by atoms with Gasteiger partial charge in [-0.05, 0) is 56.2 Å². The molecule has 0 aliphatic heterocycles. The van der Waals surface area contributed by atoms with Crippen LogP contribution >= 0.6 is 0 Å². The number of rotatable bonds is 6. The van der Waals surface area contributed by atoms with Crippen LogP contribution in [0.15, 0.2) is 47.5 Å². The first-order valence-electron chi connectivity index (χ1n) is 11.2. The molecule has 0 aliphatic carbocycles. The van der Waals surface area contributed by atoms with E-state index < -0.39 is 15.9 Å². The van der Waals surface area contributed by atoms with E-state index in [2.05, 4.69) is 14.7 Å². The minimum absolute atomic E-state index is 0.00436. The van der Waals surface area contributed by atoms with Gasteiger partial charge in [-0.3, -0.25) is 4.79 Å². The fourth-order valence-electron chi connectivity index (χ4n) is 3.57. The Hall–Kier alpha value is -3.46. The van der Waals surface area contributed by atoms with Gasteiger partial charge in [0.05, 0.1) is 0 Å². The molecule has 2 heterocycles. The fraction of sp³-hybridized carbons (Fsp3) is 0.346. The van der Waals surface area contributed by atoms with Crippen LogP contribution in [0.5, 0.6) is 11.6 Å². The van der Waals surface area contributed by atoms with Crippen molar-refractivity contribution in [2.24, 2.45) is 0 Å². The molecular weight excluding hydrogens is 464 g/mol. The Morgan fingerprint density at radius 3 is 2.17 bits per heavy atom. The number of ether oxygens (including phenoxy) is 1. The summed E-state index contributed by atoms with van der Waals surface area (Å²) in [6, 6.07) is 11.8. The highest BCUT2D eigenvalue weighted by molar-refractivity contribution is 7.90. The van der Waals surface area contributed by atoms with E-state index in [1.165, 1.54) is 12.1 Å². The second-order valence-electron chi connectivity index (χ2n) is 9.79. The Morgan fingerprint density at radius 2 is 1.60 bits per heavy atom. The minimum atomic E-state index is -4.23. The van der Waals surface area contributed by atoms with Gasteiger partial charge in [-0.15, -0.1) is 0 Å². The lowest BCUT2D eigenvalue weighted by Crippen LogP contribution is -2.32. The molecule has 0 aliphatic rings. The van der Waals surface area contributed by atoms with E-state index in [0.29, 0.717) is 17.3 Å². The Kier molecular flexibility index (Phi) is 7.21. The number of amides is 1. The summed E-state index contributed by atoms with van der Waals surface area (Å²) in [4.78, 5) is 23.6. The molecule has 0 saturated carbocycles. The monoisotopic (exact) mass is 496 g/mol. The zero-order chi connectivity index (χ0) is 26.1. The Morgan fingerprint density at radius 1 is 0.971 bits per heavy atom. The van der Waals surface area contributed by atoms with Crippen LogP contribution < -0.4 is 14.4 Å². The van der Waals surface area contributed by atoms with Gasteiger partial charge in [-0.1, -0.05) is 44.5 Å². The number of hydrogen-bond donors (Lipinski definition) is 1. The zero-order valence-corrected chi connectivity index (χ0v) is 22.2. The molecule has 9 heteroatoms. The van der Waals surface area contributed by atoms with Crippen molar-refractivity contribution in [3.8, 4) is 11.6 Å². The molecule has 3 aromatic rings. The van der Waals surface area contributed by atoms with E-state index >= 15 is 0 Å². The molecule has 0 saturated heterocycles. The molecule has 3 rings (SSSR count). The molecule has 0 atom stereocenters. The minimum Gasteiger partial charge on any atom is -0.438 e. The number of anilines is 1. The fourth-order valence-corrected chi connectivity index (χ4v) is 4.50. The SMILES string of the molecule is Cc1cc(C)c(Oc2nc(C(C)(C)C)ccc2C(=O)NS(=O)(=O)c2cccc(N(C)C)n2)c(C)c1. The van der Waals surface area contributed by atoms with Crippen molar-refractivity contribution >= 4 is 21.7 Å².